The summed E-state index contributed by atoms with van der Waals surface area (Å²) in [4.78, 5) is 22.7. The molecule has 24 heavy (non-hydrogen) atoms. The standard InChI is InChI=1S/C15H14ClN3O4S/c1-19-9-12(8-13(19)15(17)21)24(22,23)18-14(20)7-4-10-2-5-11(16)6-3-10/h2-9H,1H3,(H2,17,21)(H,18,20)/b7-4+. The minimum Gasteiger partial charge on any atom is -0.364 e. The molecule has 0 aliphatic heterocycles. The summed E-state index contributed by atoms with van der Waals surface area (Å²) >= 11 is 5.75. The predicted molar refractivity (Wildman–Crippen MR) is 89.7 cm³/mol. The highest BCUT2D eigenvalue weighted by molar-refractivity contribution is 7.90. The minimum atomic E-state index is -4.11. The molecule has 0 aliphatic rings. The fraction of sp³-hybridized carbons (Fsp3) is 0.0667. The molecule has 0 saturated heterocycles. The lowest BCUT2D eigenvalue weighted by molar-refractivity contribution is -0.114. The van der Waals surface area contributed by atoms with Gasteiger partial charge in [0.15, 0.2) is 0 Å². The SMILES string of the molecule is Cn1cc(S(=O)(=O)NC(=O)/C=C/c2ccc(Cl)cc2)cc1C(N)=O. The van der Waals surface area contributed by atoms with E-state index in [-0.39, 0.29) is 10.6 Å². The Morgan fingerprint density at radius 2 is 1.88 bits per heavy atom. The molecule has 0 bridgehead atoms. The van der Waals surface area contributed by atoms with E-state index in [1.807, 2.05) is 4.72 Å². The van der Waals surface area contributed by atoms with E-state index < -0.39 is 21.8 Å². The van der Waals surface area contributed by atoms with Crippen LogP contribution in [0, 0.1) is 0 Å². The molecule has 0 atom stereocenters. The van der Waals surface area contributed by atoms with Gasteiger partial charge in [-0.25, -0.2) is 13.1 Å². The average Bonchev–Trinajstić information content (AvgIpc) is 2.89. The van der Waals surface area contributed by atoms with Crippen LogP contribution in [0.15, 0.2) is 47.5 Å². The quantitative estimate of drug-likeness (QED) is 0.775. The summed E-state index contributed by atoms with van der Waals surface area (Å²) in [5.74, 6) is -1.60. The number of carbonyl (C=O) groups excluding carboxylic acids is 2. The van der Waals surface area contributed by atoms with E-state index in [1.165, 1.54) is 23.9 Å². The highest BCUT2D eigenvalue weighted by Gasteiger charge is 2.20. The van der Waals surface area contributed by atoms with E-state index in [4.69, 9.17) is 17.3 Å². The second kappa shape index (κ2) is 6.90. The molecule has 3 N–H and O–H groups in total. The van der Waals surface area contributed by atoms with Crippen LogP contribution in [0.3, 0.4) is 0 Å². The van der Waals surface area contributed by atoms with E-state index >= 15 is 0 Å². The summed E-state index contributed by atoms with van der Waals surface area (Å²) in [7, 11) is -2.63. The monoisotopic (exact) mass is 367 g/mol. The van der Waals surface area contributed by atoms with Crippen molar-refractivity contribution in [3.63, 3.8) is 0 Å². The van der Waals surface area contributed by atoms with Gasteiger partial charge in [0.05, 0.1) is 0 Å². The zero-order valence-corrected chi connectivity index (χ0v) is 14.1. The summed E-state index contributed by atoms with van der Waals surface area (Å²) in [6.07, 6.45) is 3.72. The summed E-state index contributed by atoms with van der Waals surface area (Å²) in [6, 6.07) is 7.74. The van der Waals surface area contributed by atoms with Gasteiger partial charge in [0, 0.05) is 24.3 Å². The van der Waals surface area contributed by atoms with E-state index in [0.717, 1.165) is 12.1 Å². The number of nitrogens with two attached hydrogens (primary N) is 1. The van der Waals surface area contributed by atoms with Crippen LogP contribution >= 0.6 is 11.6 Å². The Hall–Kier alpha value is -2.58. The first-order valence-corrected chi connectivity index (χ1v) is 8.52. The van der Waals surface area contributed by atoms with E-state index in [0.29, 0.717) is 10.6 Å². The van der Waals surface area contributed by atoms with Gasteiger partial charge in [0.2, 0.25) is 0 Å². The Labute approximate surface area is 143 Å². The third-order valence-corrected chi connectivity index (χ3v) is 4.64. The number of halogens is 1. The lowest BCUT2D eigenvalue weighted by atomic mass is 10.2. The molecular weight excluding hydrogens is 354 g/mol. The Bertz CT molecular complexity index is 915. The number of carbonyl (C=O) groups is 2. The second-order valence-electron chi connectivity index (χ2n) is 4.89. The van der Waals surface area contributed by atoms with Gasteiger partial charge in [0.1, 0.15) is 10.6 Å². The summed E-state index contributed by atoms with van der Waals surface area (Å²) in [5, 5.41) is 0.550. The Balaban J connectivity index is 2.13. The first-order valence-electron chi connectivity index (χ1n) is 6.65. The van der Waals surface area contributed by atoms with Crippen molar-refractivity contribution in [3.8, 4) is 0 Å². The maximum Gasteiger partial charge on any atom is 0.265 e. The van der Waals surface area contributed by atoms with Crippen LogP contribution in [0.4, 0.5) is 0 Å². The van der Waals surface area contributed by atoms with Crippen molar-refractivity contribution in [2.45, 2.75) is 4.90 Å². The van der Waals surface area contributed by atoms with Gasteiger partial charge in [-0.05, 0) is 29.8 Å². The first kappa shape index (κ1) is 17.8. The van der Waals surface area contributed by atoms with Crippen LogP contribution in [0.1, 0.15) is 16.1 Å². The number of aryl methyl sites for hydroxylation is 1. The molecule has 0 fully saturated rings. The third kappa shape index (κ3) is 4.24. The fourth-order valence-corrected chi connectivity index (χ4v) is 3.04. The number of hydrogen-bond acceptors (Lipinski definition) is 4. The highest BCUT2D eigenvalue weighted by atomic mass is 35.5. The molecule has 2 rings (SSSR count). The van der Waals surface area contributed by atoms with Crippen molar-refractivity contribution in [2.24, 2.45) is 12.8 Å². The number of benzene rings is 1. The van der Waals surface area contributed by atoms with Gasteiger partial charge in [-0.15, -0.1) is 0 Å². The number of amides is 2. The van der Waals surface area contributed by atoms with Crippen LogP contribution in [0.5, 0.6) is 0 Å². The molecular formula is C15H14ClN3O4S. The molecule has 0 radical (unpaired) electrons. The topological polar surface area (TPSA) is 111 Å². The van der Waals surface area contributed by atoms with Crippen molar-refractivity contribution in [2.75, 3.05) is 0 Å². The highest BCUT2D eigenvalue weighted by Crippen LogP contribution is 2.13. The van der Waals surface area contributed by atoms with Crippen molar-refractivity contribution in [1.29, 1.82) is 0 Å². The number of sulfonamides is 1. The van der Waals surface area contributed by atoms with Gasteiger partial charge in [-0.1, -0.05) is 23.7 Å². The number of rotatable bonds is 5. The first-order chi connectivity index (χ1) is 11.2. The lowest BCUT2D eigenvalue weighted by Crippen LogP contribution is -2.28. The van der Waals surface area contributed by atoms with Crippen LogP contribution in [0.2, 0.25) is 5.02 Å². The lowest BCUT2D eigenvalue weighted by Gasteiger charge is -2.02. The van der Waals surface area contributed by atoms with Crippen LogP contribution in [-0.2, 0) is 21.9 Å². The molecule has 0 spiro atoms. The Morgan fingerprint density at radius 3 is 2.42 bits per heavy atom. The summed E-state index contributed by atoms with van der Waals surface area (Å²) < 4.78 is 27.4. The Morgan fingerprint density at radius 1 is 1.25 bits per heavy atom. The minimum absolute atomic E-state index is 0.0135. The largest absolute Gasteiger partial charge is 0.364 e. The van der Waals surface area contributed by atoms with E-state index in [9.17, 15) is 18.0 Å². The molecule has 2 amide bonds. The molecule has 0 saturated carbocycles. The number of nitrogens with zero attached hydrogens (tertiary/aromatic N) is 1. The molecule has 1 aromatic heterocycles. The second-order valence-corrected chi connectivity index (χ2v) is 7.01. The van der Waals surface area contributed by atoms with Gasteiger partial charge < -0.3 is 10.3 Å². The van der Waals surface area contributed by atoms with Crippen LogP contribution in [0.25, 0.3) is 6.08 Å². The van der Waals surface area contributed by atoms with Crippen molar-refractivity contribution < 1.29 is 18.0 Å². The molecule has 0 unspecified atom stereocenters. The van der Waals surface area contributed by atoms with Crippen molar-refractivity contribution in [3.05, 3.63) is 58.9 Å². The molecule has 7 nitrogen and oxygen atoms in total. The zero-order valence-electron chi connectivity index (χ0n) is 12.6. The van der Waals surface area contributed by atoms with Gasteiger partial charge in [0.25, 0.3) is 21.8 Å². The van der Waals surface area contributed by atoms with Crippen LogP contribution < -0.4 is 10.5 Å². The van der Waals surface area contributed by atoms with Crippen molar-refractivity contribution in [1.82, 2.24) is 9.29 Å². The summed E-state index contributed by atoms with van der Waals surface area (Å²) in [6.45, 7) is 0. The Kier molecular flexibility index (Phi) is 5.10. The summed E-state index contributed by atoms with van der Waals surface area (Å²) in [5.41, 5.74) is 5.83. The molecule has 2 aromatic rings. The number of primary amides is 1. The molecule has 9 heteroatoms. The normalized spacial score (nSPS) is 11.6. The van der Waals surface area contributed by atoms with Crippen LogP contribution in [-0.4, -0.2) is 24.8 Å². The van der Waals surface area contributed by atoms with Crippen molar-refractivity contribution >= 4 is 39.5 Å². The number of nitrogens with one attached hydrogen (secondary N) is 1. The maximum atomic E-state index is 12.1. The maximum absolute atomic E-state index is 12.1. The molecule has 126 valence electrons. The van der Waals surface area contributed by atoms with Gasteiger partial charge >= 0.3 is 0 Å². The van der Waals surface area contributed by atoms with Gasteiger partial charge in [-0.3, -0.25) is 9.59 Å². The third-order valence-electron chi connectivity index (χ3n) is 3.07. The van der Waals surface area contributed by atoms with E-state index in [1.54, 1.807) is 24.3 Å². The predicted octanol–water partition coefficient (Wildman–Crippen LogP) is 1.30. The zero-order chi connectivity index (χ0) is 17.9. The average molecular weight is 368 g/mol. The fourth-order valence-electron chi connectivity index (χ4n) is 1.90. The van der Waals surface area contributed by atoms with E-state index in [2.05, 4.69) is 0 Å². The molecule has 0 aliphatic carbocycles. The molecule has 1 aromatic carbocycles. The molecule has 1 heterocycles. The number of hydrogen-bond donors (Lipinski definition) is 2. The number of aromatic nitrogens is 1. The van der Waals surface area contributed by atoms with Gasteiger partial charge in [-0.2, -0.15) is 0 Å². The smallest absolute Gasteiger partial charge is 0.265 e.